The first kappa shape index (κ1) is 25.2. The van der Waals surface area contributed by atoms with Gasteiger partial charge in [-0.3, -0.25) is 14.6 Å². The minimum Gasteiger partial charge on any atom is -0.359 e. The van der Waals surface area contributed by atoms with Crippen LogP contribution in [0.2, 0.25) is 0 Å². The monoisotopic (exact) mass is 455 g/mol. The van der Waals surface area contributed by atoms with Crippen LogP contribution in [0.4, 0.5) is 0 Å². The van der Waals surface area contributed by atoms with E-state index >= 15 is 0 Å². The second kappa shape index (κ2) is 10.7. The molecule has 0 bridgehead atoms. The van der Waals surface area contributed by atoms with E-state index in [1.165, 1.54) is 0 Å². The number of nitrogens with one attached hydrogen (secondary N) is 3. The molecule has 0 atom stereocenters. The highest BCUT2D eigenvalue weighted by Crippen LogP contribution is 2.15. The number of guanidine groups is 1. The Morgan fingerprint density at radius 3 is 2.08 bits per heavy atom. The summed E-state index contributed by atoms with van der Waals surface area (Å²) >= 11 is 0. The van der Waals surface area contributed by atoms with Gasteiger partial charge in [0.15, 0.2) is 5.96 Å². The number of hydrogen-bond acceptors (Lipinski definition) is 3. The van der Waals surface area contributed by atoms with Crippen molar-refractivity contribution in [2.45, 2.75) is 47.1 Å². The summed E-state index contributed by atoms with van der Waals surface area (Å²) in [5.41, 5.74) is -0.876. The van der Waals surface area contributed by atoms with Crippen molar-refractivity contribution in [3.8, 4) is 0 Å². The number of carbonyl (C=O) groups excluding carboxylic acids is 2. The number of likely N-dealkylation sites (N-methyl/N-ethyl adjacent to an activating group) is 1. The Kier molecular flexibility index (Phi) is 11.3. The molecule has 0 radical (unpaired) electrons. The van der Waals surface area contributed by atoms with Crippen LogP contribution >= 0.6 is 24.0 Å². The summed E-state index contributed by atoms with van der Waals surface area (Å²) in [7, 11) is 3.42. The normalized spacial score (nSPS) is 12.1. The van der Waals surface area contributed by atoms with Gasteiger partial charge >= 0.3 is 0 Å². The zero-order valence-corrected chi connectivity index (χ0v) is 18.6. The van der Waals surface area contributed by atoms with E-state index in [2.05, 4.69) is 20.9 Å². The van der Waals surface area contributed by atoms with Gasteiger partial charge in [-0.2, -0.15) is 0 Å². The molecule has 0 aliphatic rings. The molecule has 0 saturated heterocycles. The predicted molar refractivity (Wildman–Crippen MR) is 110 cm³/mol. The van der Waals surface area contributed by atoms with Crippen molar-refractivity contribution in [1.82, 2.24) is 20.9 Å². The van der Waals surface area contributed by atoms with Crippen molar-refractivity contribution in [3.05, 3.63) is 0 Å². The van der Waals surface area contributed by atoms with Gasteiger partial charge in [0.05, 0.1) is 18.5 Å². The van der Waals surface area contributed by atoms with Crippen LogP contribution < -0.4 is 16.0 Å². The van der Waals surface area contributed by atoms with Crippen LogP contribution in [0, 0.1) is 5.41 Å². The lowest BCUT2D eigenvalue weighted by molar-refractivity contribution is -0.128. The standard InChI is InChI=1S/C16H33N5O2.HI/c1-9-18-14(19-11-16(5,6)13(23)17-7)21(8)10-12(22)20-15(2,3)4;/h9-11H2,1-8H3,(H,17,23)(H,18,19)(H,20,22);1H. The molecule has 0 spiro atoms. The molecule has 2 amide bonds. The highest BCUT2D eigenvalue weighted by atomic mass is 127. The fraction of sp³-hybridized carbons (Fsp3) is 0.812. The molecule has 0 saturated carbocycles. The molecule has 0 aromatic heterocycles. The smallest absolute Gasteiger partial charge is 0.240 e. The van der Waals surface area contributed by atoms with Crippen LogP contribution in [0.15, 0.2) is 4.99 Å². The van der Waals surface area contributed by atoms with Crippen molar-refractivity contribution < 1.29 is 9.59 Å². The van der Waals surface area contributed by atoms with Gasteiger partial charge in [0.25, 0.3) is 0 Å². The van der Waals surface area contributed by atoms with Crippen molar-refractivity contribution in [2.24, 2.45) is 10.4 Å². The Labute approximate surface area is 163 Å². The highest BCUT2D eigenvalue weighted by molar-refractivity contribution is 14.0. The Balaban J connectivity index is 0. The van der Waals surface area contributed by atoms with Crippen LogP contribution in [0.5, 0.6) is 0 Å². The fourth-order valence-corrected chi connectivity index (χ4v) is 1.90. The Morgan fingerprint density at radius 1 is 1.12 bits per heavy atom. The van der Waals surface area contributed by atoms with Gasteiger partial charge in [-0.25, -0.2) is 0 Å². The molecule has 0 fully saturated rings. The van der Waals surface area contributed by atoms with E-state index in [0.29, 0.717) is 19.0 Å². The first-order chi connectivity index (χ1) is 10.4. The molecule has 0 aliphatic carbocycles. The molecule has 0 unspecified atom stereocenters. The Bertz CT molecular complexity index is 444. The van der Waals surface area contributed by atoms with Gasteiger partial charge in [-0.15, -0.1) is 24.0 Å². The molecular formula is C16H34IN5O2. The number of nitrogens with zero attached hydrogens (tertiary/aromatic N) is 2. The van der Waals surface area contributed by atoms with Gasteiger partial charge in [0.2, 0.25) is 11.8 Å². The second-order valence-corrected chi connectivity index (χ2v) is 7.29. The zero-order valence-electron chi connectivity index (χ0n) is 16.2. The van der Waals surface area contributed by atoms with Gasteiger partial charge < -0.3 is 20.9 Å². The van der Waals surface area contributed by atoms with Crippen molar-refractivity contribution in [3.63, 3.8) is 0 Å². The third-order valence-electron chi connectivity index (χ3n) is 3.06. The molecule has 0 aromatic carbocycles. The van der Waals surface area contributed by atoms with Crippen LogP contribution in [0.3, 0.4) is 0 Å². The number of rotatable bonds is 6. The van der Waals surface area contributed by atoms with E-state index in [0.717, 1.165) is 0 Å². The topological polar surface area (TPSA) is 85.8 Å². The van der Waals surface area contributed by atoms with Gasteiger partial charge in [-0.05, 0) is 41.5 Å². The summed E-state index contributed by atoms with van der Waals surface area (Å²) in [6, 6.07) is 0. The summed E-state index contributed by atoms with van der Waals surface area (Å²) in [5, 5.41) is 8.71. The zero-order chi connectivity index (χ0) is 18.3. The molecule has 0 aliphatic heterocycles. The minimum atomic E-state index is -0.607. The van der Waals surface area contributed by atoms with Gasteiger partial charge in [-0.1, -0.05) is 0 Å². The van der Waals surface area contributed by atoms with E-state index in [1.54, 1.807) is 19.0 Å². The summed E-state index contributed by atoms with van der Waals surface area (Å²) in [6.45, 7) is 12.7. The van der Waals surface area contributed by atoms with Crippen LogP contribution in [0.1, 0.15) is 41.5 Å². The van der Waals surface area contributed by atoms with E-state index in [4.69, 9.17) is 0 Å². The Hall–Kier alpha value is -1.06. The van der Waals surface area contributed by atoms with Crippen LogP contribution in [-0.4, -0.2) is 61.9 Å². The average Bonchev–Trinajstić information content (AvgIpc) is 2.39. The molecule has 0 aromatic rings. The lowest BCUT2D eigenvalue weighted by Crippen LogP contribution is -2.49. The minimum absolute atomic E-state index is 0. The number of aliphatic imine (C=N–C) groups is 1. The maximum absolute atomic E-state index is 12.0. The summed E-state index contributed by atoms with van der Waals surface area (Å²) in [4.78, 5) is 30.1. The van der Waals surface area contributed by atoms with Crippen molar-refractivity contribution in [1.29, 1.82) is 0 Å². The maximum Gasteiger partial charge on any atom is 0.240 e. The lowest BCUT2D eigenvalue weighted by Gasteiger charge is -2.26. The van der Waals surface area contributed by atoms with E-state index in [-0.39, 0.29) is 47.9 Å². The number of halogens is 1. The van der Waals surface area contributed by atoms with E-state index in [1.807, 2.05) is 41.5 Å². The largest absolute Gasteiger partial charge is 0.359 e. The van der Waals surface area contributed by atoms with Crippen LogP contribution in [0.25, 0.3) is 0 Å². The molecule has 142 valence electrons. The third kappa shape index (κ3) is 9.94. The first-order valence-corrected chi connectivity index (χ1v) is 7.95. The molecule has 0 rings (SSSR count). The lowest BCUT2D eigenvalue weighted by atomic mass is 9.93. The van der Waals surface area contributed by atoms with Crippen molar-refractivity contribution >= 4 is 41.8 Å². The van der Waals surface area contributed by atoms with Gasteiger partial charge in [0, 0.05) is 26.2 Å². The second-order valence-electron chi connectivity index (χ2n) is 7.29. The van der Waals surface area contributed by atoms with Crippen LogP contribution in [-0.2, 0) is 9.59 Å². The quantitative estimate of drug-likeness (QED) is 0.319. The fourth-order valence-electron chi connectivity index (χ4n) is 1.90. The molecule has 24 heavy (non-hydrogen) atoms. The SMILES string of the molecule is CCNC(=NCC(C)(C)C(=O)NC)N(C)CC(=O)NC(C)(C)C.I. The Morgan fingerprint density at radius 2 is 1.67 bits per heavy atom. The summed E-state index contributed by atoms with van der Waals surface area (Å²) < 4.78 is 0. The molecule has 8 heteroatoms. The van der Waals surface area contributed by atoms with E-state index < -0.39 is 5.41 Å². The van der Waals surface area contributed by atoms with Gasteiger partial charge in [0.1, 0.15) is 0 Å². The maximum atomic E-state index is 12.0. The molecular weight excluding hydrogens is 421 g/mol. The summed E-state index contributed by atoms with van der Waals surface area (Å²) in [5.74, 6) is 0.468. The number of amides is 2. The summed E-state index contributed by atoms with van der Waals surface area (Å²) in [6.07, 6.45) is 0. The average molecular weight is 455 g/mol. The highest BCUT2D eigenvalue weighted by Gasteiger charge is 2.26. The first-order valence-electron chi connectivity index (χ1n) is 7.95. The molecule has 0 heterocycles. The third-order valence-corrected chi connectivity index (χ3v) is 3.06. The number of hydrogen-bond donors (Lipinski definition) is 3. The predicted octanol–water partition coefficient (Wildman–Crippen LogP) is 1.19. The number of carbonyl (C=O) groups is 2. The molecule has 7 nitrogen and oxygen atoms in total. The van der Waals surface area contributed by atoms with Crippen molar-refractivity contribution in [2.75, 3.05) is 33.7 Å². The van der Waals surface area contributed by atoms with E-state index in [9.17, 15) is 9.59 Å². The molecule has 3 N–H and O–H groups in total.